The normalized spacial score (nSPS) is 14.0. The first kappa shape index (κ1) is 26.8. The molecule has 10 nitrogen and oxygen atoms in total. The van der Waals surface area contributed by atoms with E-state index in [1.54, 1.807) is 24.3 Å². The molecular formula is C29H24BrFN6O4. The van der Waals surface area contributed by atoms with Crippen LogP contribution >= 0.6 is 15.9 Å². The van der Waals surface area contributed by atoms with Crippen molar-refractivity contribution in [2.24, 2.45) is 0 Å². The van der Waals surface area contributed by atoms with Gasteiger partial charge in [-0.15, -0.1) is 0 Å². The fourth-order valence-corrected chi connectivity index (χ4v) is 5.08. The first-order valence-corrected chi connectivity index (χ1v) is 13.7. The number of rotatable bonds is 5. The van der Waals surface area contributed by atoms with Crippen LogP contribution in [0.2, 0.25) is 0 Å². The van der Waals surface area contributed by atoms with Gasteiger partial charge in [0.25, 0.3) is 0 Å². The van der Waals surface area contributed by atoms with Crippen molar-refractivity contribution in [1.82, 2.24) is 24.9 Å². The Kier molecular flexibility index (Phi) is 7.33. The third kappa shape index (κ3) is 5.74. The Hall–Kier alpha value is -4.42. The molecular weight excluding hydrogens is 595 g/mol. The summed E-state index contributed by atoms with van der Waals surface area (Å²) in [5.41, 5.74) is 3.77. The lowest BCUT2D eigenvalue weighted by atomic mass is 10.1. The Morgan fingerprint density at radius 1 is 1.00 bits per heavy atom. The minimum absolute atomic E-state index is 0.232. The van der Waals surface area contributed by atoms with E-state index in [0.717, 1.165) is 11.1 Å². The minimum atomic E-state index is -0.742. The molecule has 1 fully saturated rings. The Balaban J connectivity index is 1.05. The highest BCUT2D eigenvalue weighted by atomic mass is 79.9. The average molecular weight is 619 g/mol. The molecule has 41 heavy (non-hydrogen) atoms. The van der Waals surface area contributed by atoms with Crippen LogP contribution in [-0.2, 0) is 16.1 Å². The predicted molar refractivity (Wildman–Crippen MR) is 152 cm³/mol. The third-order valence-electron chi connectivity index (χ3n) is 6.87. The van der Waals surface area contributed by atoms with E-state index in [1.807, 2.05) is 31.2 Å². The van der Waals surface area contributed by atoms with Crippen LogP contribution in [0.1, 0.15) is 11.5 Å². The Labute approximate surface area is 242 Å². The number of oxazole rings is 1. The maximum atomic E-state index is 13.7. The quantitative estimate of drug-likeness (QED) is 0.272. The smallest absolute Gasteiger partial charge is 0.313 e. The van der Waals surface area contributed by atoms with Gasteiger partial charge in [-0.1, -0.05) is 29.4 Å². The highest BCUT2D eigenvalue weighted by Gasteiger charge is 2.27. The van der Waals surface area contributed by atoms with E-state index in [4.69, 9.17) is 8.94 Å². The summed E-state index contributed by atoms with van der Waals surface area (Å²) in [5.74, 6) is -0.499. The molecule has 2 amide bonds. The van der Waals surface area contributed by atoms with Gasteiger partial charge in [-0.3, -0.25) is 14.5 Å². The van der Waals surface area contributed by atoms with E-state index in [-0.39, 0.29) is 5.89 Å². The summed E-state index contributed by atoms with van der Waals surface area (Å²) in [5, 5.41) is 6.75. The van der Waals surface area contributed by atoms with Crippen LogP contribution in [0.3, 0.4) is 0 Å². The number of nitrogens with zero attached hydrogens (tertiary/aromatic N) is 5. The summed E-state index contributed by atoms with van der Waals surface area (Å²) >= 11 is 3.38. The van der Waals surface area contributed by atoms with Gasteiger partial charge < -0.3 is 19.2 Å². The van der Waals surface area contributed by atoms with E-state index < -0.39 is 17.6 Å². The van der Waals surface area contributed by atoms with Gasteiger partial charge in [0.1, 0.15) is 11.3 Å². The molecule has 6 rings (SSSR count). The van der Waals surface area contributed by atoms with E-state index in [2.05, 4.69) is 41.3 Å². The Bertz CT molecular complexity index is 1760. The molecule has 0 spiro atoms. The van der Waals surface area contributed by atoms with Crippen molar-refractivity contribution in [2.45, 2.75) is 13.5 Å². The van der Waals surface area contributed by atoms with Crippen molar-refractivity contribution in [3.05, 3.63) is 82.4 Å². The molecule has 1 N–H and O–H groups in total. The van der Waals surface area contributed by atoms with Crippen molar-refractivity contribution < 1.29 is 22.9 Å². The van der Waals surface area contributed by atoms with Crippen molar-refractivity contribution >= 4 is 44.5 Å². The second-order valence-corrected chi connectivity index (χ2v) is 10.5. The summed E-state index contributed by atoms with van der Waals surface area (Å²) in [4.78, 5) is 38.2. The van der Waals surface area contributed by atoms with Gasteiger partial charge >= 0.3 is 11.8 Å². The molecule has 0 bridgehead atoms. The predicted octanol–water partition coefficient (Wildman–Crippen LogP) is 5.04. The van der Waals surface area contributed by atoms with E-state index in [9.17, 15) is 14.0 Å². The fourth-order valence-electron chi connectivity index (χ4n) is 4.66. The summed E-state index contributed by atoms with van der Waals surface area (Å²) in [6, 6.07) is 16.9. The summed E-state index contributed by atoms with van der Waals surface area (Å²) in [6.07, 6.45) is 0. The highest BCUT2D eigenvalue weighted by Crippen LogP contribution is 2.31. The molecule has 0 atom stereocenters. The largest absolute Gasteiger partial charge is 0.436 e. The lowest BCUT2D eigenvalue weighted by Gasteiger charge is -2.33. The average Bonchev–Trinajstić information content (AvgIpc) is 3.61. The standard InChI is InChI=1S/C29H24BrFN6O4/c1-17-4-2-3-5-20(17)26-34-25(41-35-26)16-36-10-12-37(13-11-36)29(39)27(38)32-19-7-9-24-23(15-19)33-28(40-24)21-14-18(31)6-8-22(21)30/h2-9,14-15H,10-13,16H2,1H3,(H,32,38). The molecule has 208 valence electrons. The number of aromatic nitrogens is 3. The van der Waals surface area contributed by atoms with Gasteiger partial charge in [-0.25, -0.2) is 9.37 Å². The van der Waals surface area contributed by atoms with Crippen LogP contribution in [0, 0.1) is 12.7 Å². The van der Waals surface area contributed by atoms with Crippen molar-refractivity contribution in [1.29, 1.82) is 0 Å². The molecule has 3 heterocycles. The van der Waals surface area contributed by atoms with Crippen molar-refractivity contribution in [3.8, 4) is 22.8 Å². The van der Waals surface area contributed by atoms with E-state index in [1.165, 1.54) is 17.0 Å². The molecule has 0 aliphatic carbocycles. The maximum Gasteiger partial charge on any atom is 0.313 e. The fraction of sp³-hybridized carbons (Fsp3) is 0.207. The number of hydrogen-bond acceptors (Lipinski definition) is 8. The van der Waals surface area contributed by atoms with Gasteiger partial charge in [0.2, 0.25) is 17.6 Å². The molecule has 3 aromatic carbocycles. The zero-order valence-corrected chi connectivity index (χ0v) is 23.5. The number of carbonyl (C=O) groups excluding carboxylic acids is 2. The zero-order valence-electron chi connectivity index (χ0n) is 21.9. The molecule has 0 unspecified atom stereocenters. The molecule has 5 aromatic rings. The van der Waals surface area contributed by atoms with Gasteiger partial charge in [0, 0.05) is 41.9 Å². The first-order valence-electron chi connectivity index (χ1n) is 12.9. The monoisotopic (exact) mass is 618 g/mol. The summed E-state index contributed by atoms with van der Waals surface area (Å²) in [6.45, 7) is 4.35. The molecule has 0 radical (unpaired) electrons. The number of carbonyl (C=O) groups is 2. The van der Waals surface area contributed by atoms with Crippen LogP contribution in [0.25, 0.3) is 33.9 Å². The number of halogens is 2. The molecule has 0 saturated carbocycles. The third-order valence-corrected chi connectivity index (χ3v) is 7.56. The van der Waals surface area contributed by atoms with Gasteiger partial charge in [-0.05, 0) is 64.8 Å². The zero-order chi connectivity index (χ0) is 28.5. The number of amides is 2. The number of anilines is 1. The van der Waals surface area contributed by atoms with E-state index in [0.29, 0.717) is 71.3 Å². The van der Waals surface area contributed by atoms with Crippen LogP contribution in [0.5, 0.6) is 0 Å². The number of fused-ring (bicyclic) bond motifs is 1. The second kappa shape index (κ2) is 11.2. The topological polar surface area (TPSA) is 118 Å². The minimum Gasteiger partial charge on any atom is -0.436 e. The van der Waals surface area contributed by atoms with E-state index >= 15 is 0 Å². The van der Waals surface area contributed by atoms with Gasteiger partial charge in [-0.2, -0.15) is 4.98 Å². The lowest BCUT2D eigenvalue weighted by Crippen LogP contribution is -2.51. The Morgan fingerprint density at radius 3 is 2.61 bits per heavy atom. The summed E-state index contributed by atoms with van der Waals surface area (Å²) < 4.78 is 25.6. The first-order chi connectivity index (χ1) is 19.8. The van der Waals surface area contributed by atoms with Crippen molar-refractivity contribution in [2.75, 3.05) is 31.5 Å². The number of nitrogens with one attached hydrogen (secondary N) is 1. The molecule has 1 aliphatic heterocycles. The molecule has 1 aliphatic rings. The highest BCUT2D eigenvalue weighted by molar-refractivity contribution is 9.10. The SMILES string of the molecule is Cc1ccccc1-c1noc(CN2CCN(C(=O)C(=O)Nc3ccc4oc(-c5cc(F)ccc5Br)nc4c3)CC2)n1. The summed E-state index contributed by atoms with van der Waals surface area (Å²) in [7, 11) is 0. The molecule has 12 heteroatoms. The van der Waals surface area contributed by atoms with Gasteiger partial charge in [0.15, 0.2) is 5.58 Å². The van der Waals surface area contributed by atoms with Crippen LogP contribution in [0.15, 0.2) is 74.1 Å². The van der Waals surface area contributed by atoms with Crippen LogP contribution in [-0.4, -0.2) is 62.9 Å². The number of hydrogen-bond donors (Lipinski definition) is 1. The van der Waals surface area contributed by atoms with Crippen LogP contribution in [0.4, 0.5) is 10.1 Å². The number of aryl methyl sites for hydroxylation is 1. The van der Waals surface area contributed by atoms with Gasteiger partial charge in [0.05, 0.1) is 12.1 Å². The van der Waals surface area contributed by atoms with Crippen molar-refractivity contribution in [3.63, 3.8) is 0 Å². The second-order valence-electron chi connectivity index (χ2n) is 9.67. The maximum absolute atomic E-state index is 13.7. The number of benzene rings is 3. The lowest BCUT2D eigenvalue weighted by molar-refractivity contribution is -0.144. The molecule has 1 saturated heterocycles. The Morgan fingerprint density at radius 2 is 1.80 bits per heavy atom. The number of piperazine rings is 1. The van der Waals surface area contributed by atoms with Crippen LogP contribution < -0.4 is 5.32 Å². The molecule has 2 aromatic heterocycles.